The van der Waals surface area contributed by atoms with E-state index in [-0.39, 0.29) is 10.1 Å². The van der Waals surface area contributed by atoms with Crippen molar-refractivity contribution < 1.29 is 14.6 Å². The van der Waals surface area contributed by atoms with Crippen molar-refractivity contribution >= 4 is 28.6 Å². The number of ether oxygens (including phenoxy) is 1. The number of hydrogen-bond acceptors (Lipinski definition) is 3. The Morgan fingerprint density at radius 2 is 1.93 bits per heavy atom. The summed E-state index contributed by atoms with van der Waals surface area (Å²) < 4.78 is 4.59. The van der Waals surface area contributed by atoms with Crippen LogP contribution in [0.1, 0.15) is 46.0 Å². The van der Waals surface area contributed by atoms with E-state index in [1.54, 1.807) is 0 Å². The molecule has 3 nitrogen and oxygen atoms in total. The van der Waals surface area contributed by atoms with E-state index in [4.69, 9.17) is 4.74 Å². The fourth-order valence-corrected chi connectivity index (χ4v) is 1.63. The number of aliphatic hydroxyl groups is 1. The van der Waals surface area contributed by atoms with Crippen molar-refractivity contribution in [1.82, 2.24) is 0 Å². The van der Waals surface area contributed by atoms with E-state index in [0.29, 0.717) is 12.5 Å². The van der Waals surface area contributed by atoms with Gasteiger partial charge < -0.3 is 9.84 Å². The van der Waals surface area contributed by atoms with E-state index in [0.717, 1.165) is 32.1 Å². The summed E-state index contributed by atoms with van der Waals surface area (Å²) in [5, 5.41) is 9.25. The van der Waals surface area contributed by atoms with Crippen LogP contribution in [-0.4, -0.2) is 21.8 Å². The third-order valence-electron chi connectivity index (χ3n) is 2.33. The van der Waals surface area contributed by atoms with Crippen LogP contribution in [0.4, 0.5) is 0 Å². The van der Waals surface area contributed by atoms with Crippen molar-refractivity contribution in [2.75, 3.05) is 6.61 Å². The minimum Gasteiger partial charge on any atom is -0.466 e. The molecule has 2 atom stereocenters. The molecular weight excluding hydrogens is 307 g/mol. The van der Waals surface area contributed by atoms with Crippen LogP contribution in [0.15, 0.2) is 0 Å². The molecule has 0 aliphatic carbocycles. The van der Waals surface area contributed by atoms with Gasteiger partial charge in [0, 0.05) is 6.92 Å². The lowest BCUT2D eigenvalue weighted by atomic mass is 10.0. The number of aliphatic hydroxyl groups excluding tert-OH is 1. The normalized spacial score (nSPS) is 14.7. The Morgan fingerprint density at radius 3 is 2.47 bits per heavy atom. The van der Waals surface area contributed by atoms with Gasteiger partial charge in [0.05, 0.1) is 6.61 Å². The molecule has 90 valence electrons. The van der Waals surface area contributed by atoms with Gasteiger partial charge in [-0.05, 0) is 18.8 Å². The molecule has 0 saturated carbocycles. The third-order valence-corrected chi connectivity index (χ3v) is 3.56. The molecule has 0 aliphatic rings. The Labute approximate surface area is 106 Å². The lowest BCUT2D eigenvalue weighted by molar-refractivity contribution is -0.141. The number of rotatable bonds is 8. The molecule has 0 aliphatic heterocycles. The monoisotopic (exact) mass is 328 g/mol. The first-order valence-corrected chi connectivity index (χ1v) is 6.74. The summed E-state index contributed by atoms with van der Waals surface area (Å²) >= 11 is 2.05. The number of carbonyl (C=O) groups excluding carboxylic acids is 1. The first-order chi connectivity index (χ1) is 7.04. The van der Waals surface area contributed by atoms with Crippen LogP contribution >= 0.6 is 22.6 Å². The van der Waals surface area contributed by atoms with E-state index in [1.165, 1.54) is 6.92 Å². The van der Waals surface area contributed by atoms with Gasteiger partial charge in [-0.1, -0.05) is 48.8 Å². The molecule has 0 unspecified atom stereocenters. The molecule has 15 heavy (non-hydrogen) atoms. The molecule has 0 radical (unpaired) electrons. The van der Waals surface area contributed by atoms with Gasteiger partial charge in [0.15, 0.2) is 0 Å². The zero-order valence-electron chi connectivity index (χ0n) is 9.54. The van der Waals surface area contributed by atoms with Crippen molar-refractivity contribution in [2.45, 2.75) is 50.1 Å². The smallest absolute Gasteiger partial charge is 0.302 e. The van der Waals surface area contributed by atoms with Crippen LogP contribution in [0.5, 0.6) is 0 Å². The molecule has 0 saturated heterocycles. The van der Waals surface area contributed by atoms with Crippen molar-refractivity contribution in [3.8, 4) is 0 Å². The van der Waals surface area contributed by atoms with Gasteiger partial charge in [0.2, 0.25) is 0 Å². The Bertz CT molecular complexity index is 171. The Balaban J connectivity index is 3.15. The molecule has 0 aromatic heterocycles. The van der Waals surface area contributed by atoms with E-state index >= 15 is 0 Å². The highest BCUT2D eigenvalue weighted by atomic mass is 127. The number of esters is 1. The molecular formula is C11H21IO3. The van der Waals surface area contributed by atoms with Gasteiger partial charge in [0.1, 0.15) is 4.11 Å². The van der Waals surface area contributed by atoms with Crippen molar-refractivity contribution in [3.05, 3.63) is 0 Å². The number of alkyl halides is 1. The second kappa shape index (κ2) is 9.39. The lowest BCUT2D eigenvalue weighted by Crippen LogP contribution is -2.09. The largest absolute Gasteiger partial charge is 0.466 e. The number of halogens is 1. The maximum absolute atomic E-state index is 10.4. The first kappa shape index (κ1) is 15.2. The SMILES string of the molecule is CC(=O)OCCCCCC[C@@H](C)[C@@H](O)I. The lowest BCUT2D eigenvalue weighted by Gasteiger charge is -2.12. The molecule has 0 amide bonds. The van der Waals surface area contributed by atoms with Gasteiger partial charge in [-0.25, -0.2) is 0 Å². The summed E-state index contributed by atoms with van der Waals surface area (Å²) in [6.07, 6.45) is 5.39. The summed E-state index contributed by atoms with van der Waals surface area (Å²) in [6.45, 7) is 4.04. The standard InChI is InChI=1S/C11H21IO3/c1-9(11(12)14)7-5-3-4-6-8-15-10(2)13/h9,11,14H,3-8H2,1-2H3/t9-,11-/m1/s1. The van der Waals surface area contributed by atoms with Crippen LogP contribution in [0.2, 0.25) is 0 Å². The summed E-state index contributed by atoms with van der Waals surface area (Å²) in [5.41, 5.74) is 0. The topological polar surface area (TPSA) is 46.5 Å². The van der Waals surface area contributed by atoms with Gasteiger partial charge in [-0.2, -0.15) is 0 Å². The Kier molecular flexibility index (Phi) is 9.49. The molecule has 4 heteroatoms. The zero-order chi connectivity index (χ0) is 11.7. The van der Waals surface area contributed by atoms with Crippen LogP contribution in [0, 0.1) is 5.92 Å². The van der Waals surface area contributed by atoms with Gasteiger partial charge in [-0.15, -0.1) is 0 Å². The minimum absolute atomic E-state index is 0.198. The molecule has 0 heterocycles. The maximum atomic E-state index is 10.4. The maximum Gasteiger partial charge on any atom is 0.302 e. The average molecular weight is 328 g/mol. The number of hydrogen-bond donors (Lipinski definition) is 1. The van der Waals surface area contributed by atoms with Crippen molar-refractivity contribution in [2.24, 2.45) is 5.92 Å². The minimum atomic E-state index is -0.233. The molecule has 0 spiro atoms. The highest BCUT2D eigenvalue weighted by Crippen LogP contribution is 2.17. The van der Waals surface area contributed by atoms with E-state index in [2.05, 4.69) is 6.92 Å². The average Bonchev–Trinajstić information content (AvgIpc) is 2.15. The molecule has 1 N–H and O–H groups in total. The van der Waals surface area contributed by atoms with E-state index in [9.17, 15) is 9.90 Å². The second-order valence-electron chi connectivity index (χ2n) is 3.89. The fraction of sp³-hybridized carbons (Fsp3) is 0.909. The summed E-state index contributed by atoms with van der Waals surface area (Å²) in [6, 6.07) is 0. The van der Waals surface area contributed by atoms with Crippen molar-refractivity contribution in [3.63, 3.8) is 0 Å². The van der Waals surface area contributed by atoms with E-state index < -0.39 is 0 Å². The highest BCUT2D eigenvalue weighted by Gasteiger charge is 2.08. The third kappa shape index (κ3) is 10.4. The van der Waals surface area contributed by atoms with Gasteiger partial charge in [0.25, 0.3) is 0 Å². The van der Waals surface area contributed by atoms with Gasteiger partial charge >= 0.3 is 5.97 Å². The molecule has 0 aromatic rings. The van der Waals surface area contributed by atoms with Crippen LogP contribution in [0.3, 0.4) is 0 Å². The number of unbranched alkanes of at least 4 members (excludes halogenated alkanes) is 3. The first-order valence-electron chi connectivity index (χ1n) is 5.49. The van der Waals surface area contributed by atoms with Crippen LogP contribution in [0.25, 0.3) is 0 Å². The highest BCUT2D eigenvalue weighted by molar-refractivity contribution is 14.1. The summed E-state index contributed by atoms with van der Waals surface area (Å²) in [4.78, 5) is 10.4. The predicted octanol–water partition coefficient (Wildman–Crippen LogP) is 2.89. The second-order valence-corrected chi connectivity index (χ2v) is 5.17. The fourth-order valence-electron chi connectivity index (χ4n) is 1.28. The summed E-state index contributed by atoms with van der Waals surface area (Å²) in [5.74, 6) is 0.177. The summed E-state index contributed by atoms with van der Waals surface area (Å²) in [7, 11) is 0. The Morgan fingerprint density at radius 1 is 1.33 bits per heavy atom. The quantitative estimate of drug-likeness (QED) is 0.323. The molecule has 0 rings (SSSR count). The Hall–Kier alpha value is 0.160. The molecule has 0 aromatic carbocycles. The number of carbonyl (C=O) groups is 1. The molecule has 0 fully saturated rings. The van der Waals surface area contributed by atoms with Crippen LogP contribution < -0.4 is 0 Å². The van der Waals surface area contributed by atoms with E-state index in [1.807, 2.05) is 22.6 Å². The van der Waals surface area contributed by atoms with Crippen LogP contribution in [-0.2, 0) is 9.53 Å². The van der Waals surface area contributed by atoms with Crippen molar-refractivity contribution in [1.29, 1.82) is 0 Å². The molecule has 0 bridgehead atoms. The zero-order valence-corrected chi connectivity index (χ0v) is 11.7. The predicted molar refractivity (Wildman–Crippen MR) is 68.9 cm³/mol. The van der Waals surface area contributed by atoms with Gasteiger partial charge in [-0.3, -0.25) is 4.79 Å².